The second-order valence-electron chi connectivity index (χ2n) is 7.18. The van der Waals surface area contributed by atoms with E-state index in [1.807, 2.05) is 6.07 Å². The number of nitriles is 1. The fourth-order valence-electron chi connectivity index (χ4n) is 3.51. The summed E-state index contributed by atoms with van der Waals surface area (Å²) in [6.07, 6.45) is 1.70. The highest BCUT2D eigenvalue weighted by molar-refractivity contribution is 7.07. The summed E-state index contributed by atoms with van der Waals surface area (Å²) < 4.78 is 7.13. The molecular formula is C24H22ClN3O4S. The van der Waals surface area contributed by atoms with Gasteiger partial charge in [0.15, 0.2) is 0 Å². The number of aromatic nitrogens is 2. The number of carbonyl (C=O) groups is 2. The molecule has 1 aromatic carbocycles. The van der Waals surface area contributed by atoms with Crippen LogP contribution in [-0.4, -0.2) is 27.9 Å². The van der Waals surface area contributed by atoms with Crippen molar-refractivity contribution < 1.29 is 14.3 Å². The maximum absolute atomic E-state index is 13.4. The predicted molar refractivity (Wildman–Crippen MR) is 128 cm³/mol. The van der Waals surface area contributed by atoms with Gasteiger partial charge in [0.25, 0.3) is 5.56 Å². The van der Waals surface area contributed by atoms with Gasteiger partial charge in [0.2, 0.25) is 5.78 Å². The number of benzene rings is 1. The number of ether oxygens (including phenoxy) is 1. The minimum absolute atomic E-state index is 0.124. The van der Waals surface area contributed by atoms with E-state index >= 15 is 0 Å². The summed E-state index contributed by atoms with van der Waals surface area (Å²) in [5.41, 5.74) is 1.58. The van der Waals surface area contributed by atoms with Crippen molar-refractivity contribution in [1.82, 2.24) is 9.55 Å². The number of ketones is 1. The number of hydrogen-bond donors (Lipinski definition) is 1. The monoisotopic (exact) mass is 483 g/mol. The molecule has 1 N–H and O–H groups in total. The van der Waals surface area contributed by atoms with E-state index in [4.69, 9.17) is 16.3 Å². The van der Waals surface area contributed by atoms with Crippen LogP contribution in [0.2, 0.25) is 5.02 Å². The molecule has 0 saturated carbocycles. The topological polar surface area (TPSA) is 105 Å². The number of thiazole rings is 1. The van der Waals surface area contributed by atoms with Gasteiger partial charge in [-0.05, 0) is 57.0 Å². The lowest BCUT2D eigenvalue weighted by Crippen LogP contribution is -2.32. The SMILES string of the molecule is CCOC(=O)c1c(C)[nH]c(C(=O)/C(C#N)=c2\s/c(=C/c3ccc(Cl)cc3)c(=O)n2CC)c1C. The number of halogens is 1. The van der Waals surface area contributed by atoms with Gasteiger partial charge >= 0.3 is 5.97 Å². The molecule has 0 bridgehead atoms. The molecule has 0 unspecified atom stereocenters. The maximum Gasteiger partial charge on any atom is 0.340 e. The van der Waals surface area contributed by atoms with Crippen molar-refractivity contribution in [2.45, 2.75) is 34.2 Å². The Morgan fingerprint density at radius 1 is 1.24 bits per heavy atom. The normalized spacial score (nSPS) is 12.4. The standard InChI is InChI=1S/C24H22ClN3O4S/c1-5-28-22(30)18(11-15-7-9-16(25)10-8-15)33-23(28)17(12-26)21(29)20-13(3)19(14(4)27-20)24(31)32-6-2/h7-11,27H,5-6H2,1-4H3/b18-11+,23-17-. The highest BCUT2D eigenvalue weighted by atomic mass is 35.5. The Morgan fingerprint density at radius 3 is 2.48 bits per heavy atom. The minimum Gasteiger partial charge on any atom is -0.462 e. The molecule has 0 atom stereocenters. The second-order valence-corrected chi connectivity index (χ2v) is 8.65. The first kappa shape index (κ1) is 24.2. The van der Waals surface area contributed by atoms with Crippen molar-refractivity contribution in [2.24, 2.45) is 0 Å². The van der Waals surface area contributed by atoms with Crippen molar-refractivity contribution in [3.8, 4) is 6.07 Å². The lowest BCUT2D eigenvalue weighted by atomic mass is 10.0. The van der Waals surface area contributed by atoms with Crippen LogP contribution in [0.5, 0.6) is 0 Å². The molecule has 170 valence electrons. The van der Waals surface area contributed by atoms with Crippen LogP contribution in [0.15, 0.2) is 29.1 Å². The fraction of sp³-hybridized carbons (Fsp3) is 0.250. The number of carbonyl (C=O) groups excluding carboxylic acids is 2. The lowest BCUT2D eigenvalue weighted by molar-refractivity contribution is 0.0525. The van der Waals surface area contributed by atoms with Gasteiger partial charge in [-0.1, -0.05) is 23.7 Å². The summed E-state index contributed by atoms with van der Waals surface area (Å²) >= 11 is 7.00. The van der Waals surface area contributed by atoms with Crippen LogP contribution < -0.4 is 14.8 Å². The van der Waals surface area contributed by atoms with Crippen LogP contribution in [0.25, 0.3) is 11.6 Å². The quantitative estimate of drug-likeness (QED) is 0.428. The average molecular weight is 484 g/mol. The molecular weight excluding hydrogens is 462 g/mol. The second kappa shape index (κ2) is 10.0. The van der Waals surface area contributed by atoms with Crippen molar-refractivity contribution in [3.63, 3.8) is 0 Å². The molecule has 0 saturated heterocycles. The molecule has 0 amide bonds. The molecule has 3 aromatic rings. The first-order valence-electron chi connectivity index (χ1n) is 10.3. The zero-order chi connectivity index (χ0) is 24.3. The van der Waals surface area contributed by atoms with Crippen molar-refractivity contribution in [2.75, 3.05) is 6.61 Å². The van der Waals surface area contributed by atoms with E-state index in [0.29, 0.717) is 20.8 Å². The lowest BCUT2D eigenvalue weighted by Gasteiger charge is -2.03. The van der Waals surface area contributed by atoms with Crippen molar-refractivity contribution in [1.29, 1.82) is 5.26 Å². The van der Waals surface area contributed by atoms with E-state index in [1.165, 1.54) is 4.57 Å². The average Bonchev–Trinajstić information content (AvgIpc) is 3.25. The number of hydrogen-bond acceptors (Lipinski definition) is 6. The van der Waals surface area contributed by atoms with Crippen LogP contribution in [0, 0.1) is 25.2 Å². The third kappa shape index (κ3) is 4.70. The van der Waals surface area contributed by atoms with E-state index in [2.05, 4.69) is 4.98 Å². The minimum atomic E-state index is -0.588. The fourth-order valence-corrected chi connectivity index (χ4v) is 4.80. The van der Waals surface area contributed by atoms with Crippen LogP contribution in [0.3, 0.4) is 0 Å². The molecule has 0 aliphatic carbocycles. The van der Waals surface area contributed by atoms with Gasteiger partial charge in [-0.2, -0.15) is 5.26 Å². The zero-order valence-corrected chi connectivity index (χ0v) is 20.2. The number of Topliss-reactive ketones (excluding diaryl/α,β-unsaturated/α-hetero) is 1. The Labute approximate surface area is 199 Å². The third-order valence-electron chi connectivity index (χ3n) is 5.09. The number of nitrogens with zero attached hydrogens (tertiary/aromatic N) is 2. The summed E-state index contributed by atoms with van der Waals surface area (Å²) in [7, 11) is 0. The number of nitrogens with one attached hydrogen (secondary N) is 1. The number of H-pyrrole nitrogens is 1. The molecule has 2 aromatic heterocycles. The van der Waals surface area contributed by atoms with Crippen LogP contribution in [-0.2, 0) is 11.3 Å². The first-order valence-corrected chi connectivity index (χ1v) is 11.4. The molecule has 0 spiro atoms. The smallest absolute Gasteiger partial charge is 0.340 e. The Hall–Kier alpha value is -3.41. The predicted octanol–water partition coefficient (Wildman–Crippen LogP) is 3.09. The van der Waals surface area contributed by atoms with Crippen LogP contribution >= 0.6 is 22.9 Å². The van der Waals surface area contributed by atoms with Gasteiger partial charge in [0.05, 0.1) is 22.4 Å². The molecule has 33 heavy (non-hydrogen) atoms. The summed E-state index contributed by atoms with van der Waals surface area (Å²) in [6.45, 7) is 7.24. The van der Waals surface area contributed by atoms with E-state index in [-0.39, 0.29) is 40.2 Å². The zero-order valence-electron chi connectivity index (χ0n) is 18.6. The Morgan fingerprint density at radius 2 is 1.91 bits per heavy atom. The highest BCUT2D eigenvalue weighted by Crippen LogP contribution is 2.21. The molecule has 3 rings (SSSR count). The first-order chi connectivity index (χ1) is 15.7. The summed E-state index contributed by atoms with van der Waals surface area (Å²) in [4.78, 5) is 41.5. The van der Waals surface area contributed by atoms with Gasteiger partial charge in [-0.25, -0.2) is 4.79 Å². The van der Waals surface area contributed by atoms with Gasteiger partial charge in [0.1, 0.15) is 16.3 Å². The van der Waals surface area contributed by atoms with Gasteiger partial charge < -0.3 is 9.72 Å². The van der Waals surface area contributed by atoms with Crippen molar-refractivity contribution >= 4 is 46.3 Å². The molecule has 2 heterocycles. The number of aryl methyl sites for hydroxylation is 1. The Balaban J connectivity index is 2.22. The van der Waals surface area contributed by atoms with Crippen molar-refractivity contribution in [3.05, 3.63) is 76.9 Å². The molecule has 9 heteroatoms. The van der Waals surface area contributed by atoms with E-state index < -0.39 is 11.8 Å². The van der Waals surface area contributed by atoms with Gasteiger partial charge in [-0.15, -0.1) is 11.3 Å². The molecule has 0 aliphatic rings. The Bertz CT molecular complexity index is 1450. The van der Waals surface area contributed by atoms with Crippen LogP contribution in [0.1, 0.15) is 51.5 Å². The summed E-state index contributed by atoms with van der Waals surface area (Å²) in [6, 6.07) is 8.95. The number of rotatable bonds is 6. The molecule has 0 fully saturated rings. The maximum atomic E-state index is 13.4. The van der Waals surface area contributed by atoms with E-state index in [9.17, 15) is 19.6 Å². The van der Waals surface area contributed by atoms with Gasteiger partial charge in [0, 0.05) is 17.3 Å². The molecule has 0 aliphatic heterocycles. The number of esters is 1. The largest absolute Gasteiger partial charge is 0.462 e. The van der Waals surface area contributed by atoms with E-state index in [0.717, 1.165) is 16.9 Å². The third-order valence-corrected chi connectivity index (χ3v) is 6.47. The molecule has 7 nitrogen and oxygen atoms in total. The highest BCUT2D eigenvalue weighted by Gasteiger charge is 2.26. The molecule has 0 radical (unpaired) electrons. The van der Waals surface area contributed by atoms with E-state index in [1.54, 1.807) is 58.0 Å². The summed E-state index contributed by atoms with van der Waals surface area (Å²) in [5.74, 6) is -1.13. The summed E-state index contributed by atoms with van der Waals surface area (Å²) in [5, 5.41) is 10.4. The number of aromatic amines is 1. The Kier molecular flexibility index (Phi) is 7.36. The van der Waals surface area contributed by atoms with Gasteiger partial charge in [-0.3, -0.25) is 14.2 Å². The van der Waals surface area contributed by atoms with Crippen LogP contribution in [0.4, 0.5) is 0 Å².